The zero-order valence-electron chi connectivity index (χ0n) is 23.4. The minimum Gasteiger partial charge on any atom is -0.369 e. The van der Waals surface area contributed by atoms with E-state index in [9.17, 15) is 18.0 Å². The Morgan fingerprint density at radius 2 is 1.40 bits per heavy atom. The van der Waals surface area contributed by atoms with Gasteiger partial charge in [0.25, 0.3) is 5.91 Å². The van der Waals surface area contributed by atoms with Gasteiger partial charge in [-0.2, -0.15) is 13.2 Å². The Morgan fingerprint density at radius 3 is 2.05 bits per heavy atom. The summed E-state index contributed by atoms with van der Waals surface area (Å²) in [5.41, 5.74) is 5.05. The number of hydrogen-bond donors (Lipinski definition) is 0. The Kier molecular flexibility index (Phi) is 8.02. The second-order valence-electron chi connectivity index (χ2n) is 11.2. The molecule has 2 heterocycles. The number of piperazine rings is 1. The normalized spacial score (nSPS) is 15.9. The smallest absolute Gasteiger partial charge is 0.369 e. The maximum Gasteiger partial charge on any atom is 0.416 e. The molecule has 6 rings (SSSR count). The maximum atomic E-state index is 13.2. The minimum absolute atomic E-state index is 0.129. The van der Waals surface area contributed by atoms with Crippen molar-refractivity contribution in [3.05, 3.63) is 137 Å². The zero-order chi connectivity index (χ0) is 29.1. The van der Waals surface area contributed by atoms with Gasteiger partial charge in [0.05, 0.1) is 5.56 Å². The van der Waals surface area contributed by atoms with Gasteiger partial charge >= 0.3 is 6.18 Å². The lowest BCUT2D eigenvalue weighted by Crippen LogP contribution is -2.46. The van der Waals surface area contributed by atoms with Crippen LogP contribution < -0.4 is 4.90 Å². The van der Waals surface area contributed by atoms with E-state index in [-0.39, 0.29) is 12.5 Å². The fourth-order valence-corrected chi connectivity index (χ4v) is 6.18. The molecule has 0 N–H and O–H groups in total. The topological polar surface area (TPSA) is 26.8 Å². The maximum absolute atomic E-state index is 13.2. The standard InChI is InChI=1S/C35H34F3N3O/c36-35(37,38)30-13-7-8-26(22-30)24-41-25-29-14-15-31(23-33(29)34(41)42)40-20-18-39(19-21-40)17-16-32(27-9-3-1-4-10-27)28-11-5-2-6-12-28/h1-15,22-23,32H,16-21,24-25H2. The van der Waals surface area contributed by atoms with Gasteiger partial charge in [-0.25, -0.2) is 0 Å². The van der Waals surface area contributed by atoms with Crippen LogP contribution in [0.2, 0.25) is 0 Å². The van der Waals surface area contributed by atoms with E-state index in [1.165, 1.54) is 17.2 Å². The molecule has 0 atom stereocenters. The number of hydrogen-bond acceptors (Lipinski definition) is 3. The van der Waals surface area contributed by atoms with E-state index in [2.05, 4.69) is 76.5 Å². The molecule has 42 heavy (non-hydrogen) atoms. The number of anilines is 1. The molecule has 2 aliphatic heterocycles. The second-order valence-corrected chi connectivity index (χ2v) is 11.2. The molecule has 1 amide bonds. The monoisotopic (exact) mass is 569 g/mol. The van der Waals surface area contributed by atoms with Gasteiger partial charge in [-0.3, -0.25) is 9.69 Å². The highest BCUT2D eigenvalue weighted by Gasteiger charge is 2.32. The summed E-state index contributed by atoms with van der Waals surface area (Å²) >= 11 is 0. The lowest BCUT2D eigenvalue weighted by molar-refractivity contribution is -0.137. The molecule has 4 aromatic carbocycles. The molecule has 0 unspecified atom stereocenters. The number of nitrogens with zero attached hydrogens (tertiary/aromatic N) is 3. The molecular weight excluding hydrogens is 535 g/mol. The third-order valence-electron chi connectivity index (χ3n) is 8.48. The molecule has 1 fully saturated rings. The van der Waals surface area contributed by atoms with Crippen molar-refractivity contribution in [2.24, 2.45) is 0 Å². The van der Waals surface area contributed by atoms with Gasteiger partial charge in [0.2, 0.25) is 0 Å². The molecular formula is C35H34F3N3O. The minimum atomic E-state index is -4.40. The average molecular weight is 570 g/mol. The first-order chi connectivity index (χ1) is 20.3. The van der Waals surface area contributed by atoms with E-state index in [1.807, 2.05) is 12.1 Å². The van der Waals surface area contributed by atoms with Gasteiger partial charge in [-0.05, 0) is 59.5 Å². The molecule has 0 aliphatic carbocycles. The van der Waals surface area contributed by atoms with Crippen LogP contribution in [0.25, 0.3) is 0 Å². The highest BCUT2D eigenvalue weighted by Crippen LogP contribution is 2.33. The quantitative estimate of drug-likeness (QED) is 0.225. The van der Waals surface area contributed by atoms with Crippen molar-refractivity contribution in [1.82, 2.24) is 9.80 Å². The fourth-order valence-electron chi connectivity index (χ4n) is 6.18. The van der Waals surface area contributed by atoms with E-state index in [0.717, 1.165) is 62.5 Å². The summed E-state index contributed by atoms with van der Waals surface area (Å²) in [7, 11) is 0. The molecule has 216 valence electrons. The molecule has 0 radical (unpaired) electrons. The summed E-state index contributed by atoms with van der Waals surface area (Å²) < 4.78 is 39.4. The van der Waals surface area contributed by atoms with Gasteiger partial charge in [0.15, 0.2) is 0 Å². The SMILES string of the molecule is O=C1c2cc(N3CCN(CCC(c4ccccc4)c4ccccc4)CC3)ccc2CN1Cc1cccc(C(F)(F)F)c1. The predicted molar refractivity (Wildman–Crippen MR) is 159 cm³/mol. The van der Waals surface area contributed by atoms with Gasteiger partial charge in [0, 0.05) is 56.4 Å². The largest absolute Gasteiger partial charge is 0.416 e. The van der Waals surface area contributed by atoms with Crippen molar-refractivity contribution < 1.29 is 18.0 Å². The molecule has 7 heteroatoms. The highest BCUT2D eigenvalue weighted by atomic mass is 19.4. The Hall–Kier alpha value is -4.10. The second kappa shape index (κ2) is 12.0. The third-order valence-corrected chi connectivity index (χ3v) is 8.48. The number of carbonyl (C=O) groups excluding carboxylic acids is 1. The van der Waals surface area contributed by atoms with Gasteiger partial charge in [-0.1, -0.05) is 78.9 Å². The first-order valence-corrected chi connectivity index (χ1v) is 14.5. The van der Waals surface area contributed by atoms with E-state index in [4.69, 9.17) is 0 Å². The van der Waals surface area contributed by atoms with Crippen LogP contribution in [0.4, 0.5) is 18.9 Å². The number of halogens is 3. The van der Waals surface area contributed by atoms with Crippen molar-refractivity contribution in [2.45, 2.75) is 31.6 Å². The van der Waals surface area contributed by atoms with Gasteiger partial charge < -0.3 is 9.80 Å². The molecule has 0 aromatic heterocycles. The highest BCUT2D eigenvalue weighted by molar-refractivity contribution is 5.99. The van der Waals surface area contributed by atoms with E-state index in [1.54, 1.807) is 11.0 Å². The van der Waals surface area contributed by atoms with E-state index in [0.29, 0.717) is 23.6 Å². The summed E-state index contributed by atoms with van der Waals surface area (Å²) in [6.07, 6.45) is -3.36. The van der Waals surface area contributed by atoms with Crippen LogP contribution in [0, 0.1) is 0 Å². The number of benzene rings is 4. The number of fused-ring (bicyclic) bond motifs is 1. The first kappa shape index (κ1) is 28.0. The zero-order valence-corrected chi connectivity index (χ0v) is 23.4. The van der Waals surface area contributed by atoms with Crippen LogP contribution >= 0.6 is 0 Å². The summed E-state index contributed by atoms with van der Waals surface area (Å²) in [6, 6.07) is 32.6. The van der Waals surface area contributed by atoms with Gasteiger partial charge in [0.1, 0.15) is 0 Å². The Labute approximate surface area is 245 Å². The van der Waals surface area contributed by atoms with Crippen LogP contribution in [0.3, 0.4) is 0 Å². The Morgan fingerprint density at radius 1 is 0.738 bits per heavy atom. The van der Waals surface area contributed by atoms with Crippen LogP contribution in [0.1, 0.15) is 50.5 Å². The summed E-state index contributed by atoms with van der Waals surface area (Å²) in [6.45, 7) is 5.22. The Bertz CT molecular complexity index is 1480. The number of carbonyl (C=O) groups is 1. The molecule has 0 saturated carbocycles. The average Bonchev–Trinajstić information content (AvgIpc) is 3.32. The number of rotatable bonds is 8. The number of amides is 1. The van der Waals surface area contributed by atoms with Crippen LogP contribution in [-0.4, -0.2) is 48.4 Å². The summed E-state index contributed by atoms with van der Waals surface area (Å²) in [4.78, 5) is 19.7. The van der Waals surface area contributed by atoms with Gasteiger partial charge in [-0.15, -0.1) is 0 Å². The van der Waals surface area contributed by atoms with E-state index < -0.39 is 11.7 Å². The molecule has 1 saturated heterocycles. The fraction of sp³-hybridized carbons (Fsp3) is 0.286. The van der Waals surface area contributed by atoms with Crippen molar-refractivity contribution in [3.8, 4) is 0 Å². The molecule has 4 aromatic rings. The predicted octanol–water partition coefficient (Wildman–Crippen LogP) is 7.21. The lowest BCUT2D eigenvalue weighted by Gasteiger charge is -2.37. The lowest BCUT2D eigenvalue weighted by atomic mass is 9.88. The number of alkyl halides is 3. The third kappa shape index (κ3) is 6.21. The molecule has 0 spiro atoms. The first-order valence-electron chi connectivity index (χ1n) is 14.5. The van der Waals surface area contributed by atoms with Crippen LogP contribution in [0.15, 0.2) is 103 Å². The van der Waals surface area contributed by atoms with Crippen LogP contribution in [0.5, 0.6) is 0 Å². The van der Waals surface area contributed by atoms with Crippen molar-refractivity contribution >= 4 is 11.6 Å². The van der Waals surface area contributed by atoms with Crippen LogP contribution in [-0.2, 0) is 19.3 Å². The Balaban J connectivity index is 1.06. The summed E-state index contributed by atoms with van der Waals surface area (Å²) in [5, 5.41) is 0. The molecule has 2 aliphatic rings. The van der Waals surface area contributed by atoms with Crippen molar-refractivity contribution in [2.75, 3.05) is 37.6 Å². The summed E-state index contributed by atoms with van der Waals surface area (Å²) in [5.74, 6) is 0.225. The molecule has 4 nitrogen and oxygen atoms in total. The molecule has 0 bridgehead atoms. The van der Waals surface area contributed by atoms with E-state index >= 15 is 0 Å². The van der Waals surface area contributed by atoms with Crippen molar-refractivity contribution in [3.63, 3.8) is 0 Å². The van der Waals surface area contributed by atoms with Crippen molar-refractivity contribution in [1.29, 1.82) is 0 Å².